The predicted octanol–water partition coefficient (Wildman–Crippen LogP) is 1.58. The molecule has 0 saturated carbocycles. The molecular formula is C13H19NO3. The molecule has 2 unspecified atom stereocenters. The van der Waals surface area contributed by atoms with E-state index >= 15 is 0 Å². The van der Waals surface area contributed by atoms with Crippen molar-refractivity contribution >= 4 is 0 Å². The molecule has 0 bridgehead atoms. The normalized spacial score (nSPS) is 23.6. The van der Waals surface area contributed by atoms with Gasteiger partial charge in [-0.15, -0.1) is 0 Å². The molecule has 1 fully saturated rings. The first-order valence-corrected chi connectivity index (χ1v) is 5.94. The van der Waals surface area contributed by atoms with Crippen LogP contribution < -0.4 is 15.2 Å². The van der Waals surface area contributed by atoms with Gasteiger partial charge in [0.05, 0.1) is 19.3 Å². The molecule has 4 nitrogen and oxygen atoms in total. The van der Waals surface area contributed by atoms with Crippen molar-refractivity contribution in [3.63, 3.8) is 0 Å². The van der Waals surface area contributed by atoms with Gasteiger partial charge in [0.1, 0.15) is 18.1 Å². The zero-order chi connectivity index (χ0) is 12.1. The second-order valence-corrected chi connectivity index (χ2v) is 4.18. The first-order valence-electron chi connectivity index (χ1n) is 5.94. The van der Waals surface area contributed by atoms with E-state index in [0.29, 0.717) is 13.2 Å². The second kappa shape index (κ2) is 5.89. The van der Waals surface area contributed by atoms with E-state index in [9.17, 15) is 0 Å². The Labute approximate surface area is 102 Å². The Hall–Kier alpha value is -1.26. The first-order chi connectivity index (χ1) is 8.31. The Balaban J connectivity index is 1.78. The van der Waals surface area contributed by atoms with Gasteiger partial charge < -0.3 is 19.9 Å². The van der Waals surface area contributed by atoms with E-state index in [1.165, 1.54) is 0 Å². The summed E-state index contributed by atoms with van der Waals surface area (Å²) in [5.41, 5.74) is 5.56. The number of nitrogens with two attached hydrogens (primary N) is 1. The van der Waals surface area contributed by atoms with E-state index in [1.54, 1.807) is 7.11 Å². The van der Waals surface area contributed by atoms with Gasteiger partial charge in [-0.3, -0.25) is 0 Å². The van der Waals surface area contributed by atoms with Crippen LogP contribution in [0.15, 0.2) is 24.3 Å². The molecule has 0 aliphatic carbocycles. The molecule has 1 aromatic rings. The maximum absolute atomic E-state index is 5.70. The molecule has 4 heteroatoms. The largest absolute Gasteiger partial charge is 0.497 e. The highest BCUT2D eigenvalue weighted by molar-refractivity contribution is 5.31. The standard InChI is InChI=1S/C13H19NO3/c1-15-10-2-4-11(5-3-10)16-9-13-7-6-12(8-14)17-13/h2-5,12-13H,6-9,14H2,1H3. The molecule has 1 heterocycles. The van der Waals surface area contributed by atoms with Crippen molar-refractivity contribution in [1.82, 2.24) is 0 Å². The summed E-state index contributed by atoms with van der Waals surface area (Å²) in [5.74, 6) is 1.67. The molecule has 2 rings (SSSR count). The van der Waals surface area contributed by atoms with E-state index in [-0.39, 0.29) is 12.2 Å². The van der Waals surface area contributed by atoms with Crippen LogP contribution in [0.3, 0.4) is 0 Å². The lowest BCUT2D eigenvalue weighted by atomic mass is 10.2. The smallest absolute Gasteiger partial charge is 0.119 e. The fraction of sp³-hybridized carbons (Fsp3) is 0.538. The summed E-state index contributed by atoms with van der Waals surface area (Å²) >= 11 is 0. The third kappa shape index (κ3) is 3.35. The molecule has 1 aliphatic rings. The number of hydrogen-bond donors (Lipinski definition) is 1. The van der Waals surface area contributed by atoms with Gasteiger partial charge in [0.15, 0.2) is 0 Å². The van der Waals surface area contributed by atoms with Crippen LogP contribution in [0.5, 0.6) is 11.5 Å². The topological polar surface area (TPSA) is 53.7 Å². The summed E-state index contributed by atoms with van der Waals surface area (Å²) in [6, 6.07) is 7.56. The van der Waals surface area contributed by atoms with Crippen molar-refractivity contribution in [2.24, 2.45) is 5.73 Å². The third-order valence-corrected chi connectivity index (χ3v) is 2.95. The minimum absolute atomic E-state index is 0.172. The Morgan fingerprint density at radius 1 is 1.18 bits per heavy atom. The van der Waals surface area contributed by atoms with Crippen molar-refractivity contribution in [1.29, 1.82) is 0 Å². The van der Waals surface area contributed by atoms with Crippen LogP contribution in [-0.2, 0) is 4.74 Å². The fourth-order valence-electron chi connectivity index (χ4n) is 1.94. The fourth-order valence-corrected chi connectivity index (χ4v) is 1.94. The molecular weight excluding hydrogens is 218 g/mol. The maximum Gasteiger partial charge on any atom is 0.119 e. The SMILES string of the molecule is COc1ccc(OCC2CCC(CN)O2)cc1. The van der Waals surface area contributed by atoms with Crippen LogP contribution in [-0.4, -0.2) is 32.5 Å². The highest BCUT2D eigenvalue weighted by Crippen LogP contribution is 2.21. The Morgan fingerprint density at radius 2 is 1.82 bits per heavy atom. The van der Waals surface area contributed by atoms with Crippen LogP contribution in [0, 0.1) is 0 Å². The number of benzene rings is 1. The zero-order valence-corrected chi connectivity index (χ0v) is 10.1. The summed E-state index contributed by atoms with van der Waals surface area (Å²) in [6.45, 7) is 1.18. The van der Waals surface area contributed by atoms with Crippen LogP contribution >= 0.6 is 0 Å². The predicted molar refractivity (Wildman–Crippen MR) is 65.4 cm³/mol. The Kier molecular flexibility index (Phi) is 4.23. The minimum atomic E-state index is 0.172. The molecule has 2 atom stereocenters. The molecule has 1 saturated heterocycles. The third-order valence-electron chi connectivity index (χ3n) is 2.95. The van der Waals surface area contributed by atoms with Gasteiger partial charge in [-0.2, -0.15) is 0 Å². The molecule has 17 heavy (non-hydrogen) atoms. The van der Waals surface area contributed by atoms with Gasteiger partial charge in [-0.1, -0.05) is 0 Å². The van der Waals surface area contributed by atoms with Gasteiger partial charge in [-0.05, 0) is 37.1 Å². The van der Waals surface area contributed by atoms with Crippen LogP contribution in [0.1, 0.15) is 12.8 Å². The summed E-state index contributed by atoms with van der Waals surface area (Å²) in [6.07, 6.45) is 2.44. The van der Waals surface area contributed by atoms with E-state index in [0.717, 1.165) is 24.3 Å². The monoisotopic (exact) mass is 237 g/mol. The number of methoxy groups -OCH3 is 1. The molecule has 0 spiro atoms. The van der Waals surface area contributed by atoms with E-state index in [4.69, 9.17) is 19.9 Å². The lowest BCUT2D eigenvalue weighted by Crippen LogP contribution is -2.23. The Bertz CT molecular complexity index is 339. The van der Waals surface area contributed by atoms with Gasteiger partial charge in [-0.25, -0.2) is 0 Å². The van der Waals surface area contributed by atoms with E-state index in [1.807, 2.05) is 24.3 Å². The van der Waals surface area contributed by atoms with Crippen LogP contribution in [0.25, 0.3) is 0 Å². The maximum atomic E-state index is 5.70. The van der Waals surface area contributed by atoms with Crippen molar-refractivity contribution in [2.75, 3.05) is 20.3 Å². The summed E-state index contributed by atoms with van der Waals surface area (Å²) in [7, 11) is 1.65. The van der Waals surface area contributed by atoms with Gasteiger partial charge in [0, 0.05) is 6.54 Å². The Morgan fingerprint density at radius 3 is 2.41 bits per heavy atom. The number of rotatable bonds is 5. The van der Waals surface area contributed by atoms with Gasteiger partial charge >= 0.3 is 0 Å². The van der Waals surface area contributed by atoms with Crippen molar-refractivity contribution in [2.45, 2.75) is 25.0 Å². The van der Waals surface area contributed by atoms with Crippen LogP contribution in [0.2, 0.25) is 0 Å². The molecule has 94 valence electrons. The van der Waals surface area contributed by atoms with Crippen molar-refractivity contribution in [3.8, 4) is 11.5 Å². The average molecular weight is 237 g/mol. The van der Waals surface area contributed by atoms with E-state index in [2.05, 4.69) is 0 Å². The first kappa shape index (κ1) is 12.2. The summed E-state index contributed by atoms with van der Waals surface area (Å²) in [4.78, 5) is 0. The minimum Gasteiger partial charge on any atom is -0.497 e. The van der Waals surface area contributed by atoms with Crippen LogP contribution in [0.4, 0.5) is 0 Å². The second-order valence-electron chi connectivity index (χ2n) is 4.18. The average Bonchev–Trinajstić information content (AvgIpc) is 2.85. The quantitative estimate of drug-likeness (QED) is 0.844. The lowest BCUT2D eigenvalue weighted by molar-refractivity contribution is 0.0222. The molecule has 2 N–H and O–H groups in total. The van der Waals surface area contributed by atoms with E-state index < -0.39 is 0 Å². The summed E-state index contributed by atoms with van der Waals surface area (Å²) < 4.78 is 16.4. The molecule has 1 aromatic carbocycles. The zero-order valence-electron chi connectivity index (χ0n) is 10.1. The van der Waals surface area contributed by atoms with Crippen molar-refractivity contribution < 1.29 is 14.2 Å². The van der Waals surface area contributed by atoms with Gasteiger partial charge in [0.2, 0.25) is 0 Å². The summed E-state index contributed by atoms with van der Waals surface area (Å²) in [5, 5.41) is 0. The number of hydrogen-bond acceptors (Lipinski definition) is 4. The highest BCUT2D eigenvalue weighted by Gasteiger charge is 2.24. The molecule has 0 aromatic heterocycles. The molecule has 0 radical (unpaired) electrons. The lowest BCUT2D eigenvalue weighted by Gasteiger charge is -2.13. The number of ether oxygens (including phenoxy) is 3. The van der Waals surface area contributed by atoms with Gasteiger partial charge in [0.25, 0.3) is 0 Å². The molecule has 1 aliphatic heterocycles. The van der Waals surface area contributed by atoms with Crippen molar-refractivity contribution in [3.05, 3.63) is 24.3 Å². The molecule has 0 amide bonds. The highest BCUT2D eigenvalue weighted by atomic mass is 16.5.